The minimum atomic E-state index is -0.775. The molecule has 1 aromatic carbocycles. The number of aryl methyl sites for hydroxylation is 3. The van der Waals surface area contributed by atoms with Crippen LogP contribution in [-0.4, -0.2) is 56.0 Å². The molecule has 2 aromatic heterocycles. The zero-order chi connectivity index (χ0) is 27.9. The molecule has 10 heteroatoms. The molecule has 1 unspecified atom stereocenters. The van der Waals surface area contributed by atoms with Crippen molar-refractivity contribution in [3.05, 3.63) is 69.4 Å². The van der Waals surface area contributed by atoms with Gasteiger partial charge in [-0.2, -0.15) is 0 Å². The van der Waals surface area contributed by atoms with Gasteiger partial charge in [-0.05, 0) is 51.3 Å². The number of carbonyl (C=O) groups excluding carboxylic acids is 2. The third kappa shape index (κ3) is 6.33. The van der Waals surface area contributed by atoms with E-state index in [0.29, 0.717) is 60.4 Å². The van der Waals surface area contributed by atoms with E-state index in [1.807, 2.05) is 42.8 Å². The van der Waals surface area contributed by atoms with Gasteiger partial charge in [0.2, 0.25) is 5.78 Å². The van der Waals surface area contributed by atoms with Crippen molar-refractivity contribution in [1.29, 1.82) is 0 Å². The van der Waals surface area contributed by atoms with Gasteiger partial charge in [-0.15, -0.1) is 11.3 Å². The second kappa shape index (κ2) is 12.9. The molecule has 1 amide bonds. The number of aliphatic hydroxyl groups excluding tert-OH is 1. The van der Waals surface area contributed by atoms with Gasteiger partial charge < -0.3 is 24.0 Å². The number of rotatable bonds is 14. The summed E-state index contributed by atoms with van der Waals surface area (Å²) in [4.78, 5) is 37.6. The maximum Gasteiger partial charge on any atom is 0.290 e. The summed E-state index contributed by atoms with van der Waals surface area (Å²) in [6.45, 7) is 9.61. The van der Waals surface area contributed by atoms with Crippen LogP contribution in [0.4, 0.5) is 0 Å². The Balaban J connectivity index is 1.70. The van der Waals surface area contributed by atoms with Gasteiger partial charge in [-0.25, -0.2) is 9.97 Å². The first-order valence-electron chi connectivity index (χ1n) is 13.4. The number of amides is 1. The average Bonchev–Trinajstić information content (AvgIpc) is 3.62. The monoisotopic (exact) mass is 552 g/mol. The van der Waals surface area contributed by atoms with Crippen molar-refractivity contribution in [2.75, 3.05) is 19.8 Å². The third-order valence-corrected chi connectivity index (χ3v) is 7.69. The summed E-state index contributed by atoms with van der Waals surface area (Å²) < 4.78 is 13.8. The molecule has 3 aromatic rings. The van der Waals surface area contributed by atoms with Crippen LogP contribution in [0.3, 0.4) is 0 Å². The number of benzene rings is 1. The molecule has 3 heterocycles. The summed E-state index contributed by atoms with van der Waals surface area (Å²) in [6.07, 6.45) is 9.00. The maximum absolute atomic E-state index is 13.8. The summed E-state index contributed by atoms with van der Waals surface area (Å²) in [5.41, 5.74) is 1.31. The van der Waals surface area contributed by atoms with E-state index >= 15 is 0 Å². The van der Waals surface area contributed by atoms with Crippen LogP contribution in [0.2, 0.25) is 0 Å². The molecular formula is C29H36N4O5S. The largest absolute Gasteiger partial charge is 0.503 e. The van der Waals surface area contributed by atoms with E-state index in [2.05, 4.69) is 16.9 Å². The van der Waals surface area contributed by atoms with Crippen LogP contribution in [0.15, 0.2) is 48.3 Å². The molecule has 39 heavy (non-hydrogen) atoms. The first kappa shape index (κ1) is 28.4. The van der Waals surface area contributed by atoms with Gasteiger partial charge in [-0.3, -0.25) is 9.59 Å². The van der Waals surface area contributed by atoms with Crippen LogP contribution in [0.1, 0.15) is 71.5 Å². The third-order valence-electron chi connectivity index (χ3n) is 6.62. The maximum atomic E-state index is 13.8. The van der Waals surface area contributed by atoms with Crippen molar-refractivity contribution < 1.29 is 24.2 Å². The number of nitrogens with zero attached hydrogens (tertiary/aromatic N) is 4. The number of hydrogen-bond donors (Lipinski definition) is 1. The highest BCUT2D eigenvalue weighted by Gasteiger charge is 2.44. The summed E-state index contributed by atoms with van der Waals surface area (Å²) in [7, 11) is 0. The fourth-order valence-corrected chi connectivity index (χ4v) is 5.66. The number of imidazole rings is 1. The highest BCUT2D eigenvalue weighted by atomic mass is 32.1. The van der Waals surface area contributed by atoms with Crippen molar-refractivity contribution in [1.82, 2.24) is 19.4 Å². The van der Waals surface area contributed by atoms with Crippen LogP contribution in [0, 0.1) is 13.8 Å². The molecule has 0 spiro atoms. The number of aromatic nitrogens is 3. The Hall–Kier alpha value is -3.66. The topological polar surface area (TPSA) is 107 Å². The highest BCUT2D eigenvalue weighted by molar-refractivity contribution is 7.14. The number of Topliss-reactive ketones (excluding diaryl/α,β-unsaturated/α-hetero) is 1. The lowest BCUT2D eigenvalue weighted by Crippen LogP contribution is -2.32. The summed E-state index contributed by atoms with van der Waals surface area (Å²) >= 11 is 1.26. The number of unbranched alkanes of at least 4 members (excludes halogenated alkanes) is 2. The number of carbonyl (C=O) groups is 2. The molecule has 0 saturated heterocycles. The zero-order valence-electron chi connectivity index (χ0n) is 23.0. The van der Waals surface area contributed by atoms with Crippen molar-refractivity contribution in [2.24, 2.45) is 0 Å². The second-order valence-electron chi connectivity index (χ2n) is 9.49. The zero-order valence-corrected chi connectivity index (χ0v) is 23.8. The van der Waals surface area contributed by atoms with Gasteiger partial charge >= 0.3 is 0 Å². The van der Waals surface area contributed by atoms with Crippen molar-refractivity contribution >= 4 is 23.0 Å². The molecule has 0 fully saturated rings. The Labute approximate surface area is 233 Å². The first-order valence-corrected chi connectivity index (χ1v) is 14.2. The molecular weight excluding hydrogens is 516 g/mol. The number of thiazole rings is 1. The number of ketones is 1. The molecule has 0 radical (unpaired) electrons. The number of ether oxygens (including phenoxy) is 2. The van der Waals surface area contributed by atoms with E-state index in [9.17, 15) is 14.7 Å². The fraction of sp³-hybridized carbons (Fsp3) is 0.448. The Morgan fingerprint density at radius 1 is 1.10 bits per heavy atom. The molecule has 1 N–H and O–H groups in total. The van der Waals surface area contributed by atoms with Gasteiger partial charge in [0.1, 0.15) is 0 Å². The molecule has 1 atom stereocenters. The lowest BCUT2D eigenvalue weighted by molar-refractivity contribution is -0.129. The second-order valence-corrected chi connectivity index (χ2v) is 10.7. The van der Waals surface area contributed by atoms with Crippen LogP contribution in [0.25, 0.3) is 0 Å². The van der Waals surface area contributed by atoms with Crippen LogP contribution < -0.4 is 9.47 Å². The quantitative estimate of drug-likeness (QED) is 0.205. The van der Waals surface area contributed by atoms with Gasteiger partial charge in [0.05, 0.1) is 46.7 Å². The molecule has 9 nitrogen and oxygen atoms in total. The minimum Gasteiger partial charge on any atom is -0.503 e. The Morgan fingerprint density at radius 3 is 2.59 bits per heavy atom. The van der Waals surface area contributed by atoms with E-state index in [-0.39, 0.29) is 11.4 Å². The number of hydrogen-bond acceptors (Lipinski definition) is 8. The lowest BCUT2D eigenvalue weighted by atomic mass is 9.94. The van der Waals surface area contributed by atoms with Crippen LogP contribution in [0.5, 0.6) is 11.5 Å². The molecule has 4 rings (SSSR count). The molecule has 0 bridgehead atoms. The van der Waals surface area contributed by atoms with Crippen LogP contribution >= 0.6 is 11.3 Å². The Kier molecular flexibility index (Phi) is 9.40. The SMILES string of the molecule is CCCCCOc1ccc(C2C(C(=O)c3sc(C)nc3C)=C(O)C(=O)N2CCCn2ccnc2)cc1OCC. The molecule has 208 valence electrons. The first-order chi connectivity index (χ1) is 18.8. The van der Waals surface area contributed by atoms with Gasteiger partial charge in [0.25, 0.3) is 5.91 Å². The van der Waals surface area contributed by atoms with Crippen molar-refractivity contribution in [3.63, 3.8) is 0 Å². The standard InChI is InChI=1S/C29H36N4O5S/c1-5-7-8-16-38-22-11-10-21(17-23(22)37-6-2)25-24(26(34)28-19(3)31-20(4)39-28)27(35)29(36)33(25)14-9-13-32-15-12-30-18-32/h10-12,15,17-18,25,35H,5-9,13-14,16H2,1-4H3. The smallest absolute Gasteiger partial charge is 0.290 e. The van der Waals surface area contributed by atoms with Crippen LogP contribution in [-0.2, 0) is 11.3 Å². The van der Waals surface area contributed by atoms with E-state index in [1.165, 1.54) is 11.3 Å². The average molecular weight is 553 g/mol. The van der Waals surface area contributed by atoms with Crippen molar-refractivity contribution in [2.45, 2.75) is 66.0 Å². The molecule has 1 aliphatic heterocycles. The van der Waals surface area contributed by atoms with Crippen molar-refractivity contribution in [3.8, 4) is 11.5 Å². The van der Waals surface area contributed by atoms with Gasteiger partial charge in [0.15, 0.2) is 17.3 Å². The van der Waals surface area contributed by atoms with E-state index < -0.39 is 17.7 Å². The normalized spacial score (nSPS) is 15.3. The fourth-order valence-electron chi connectivity index (χ4n) is 4.79. The molecule has 0 aliphatic carbocycles. The van der Waals surface area contributed by atoms with Gasteiger partial charge in [0, 0.05) is 25.5 Å². The van der Waals surface area contributed by atoms with Gasteiger partial charge in [-0.1, -0.05) is 25.8 Å². The molecule has 1 aliphatic rings. The Morgan fingerprint density at radius 2 is 1.92 bits per heavy atom. The minimum absolute atomic E-state index is 0.0634. The predicted molar refractivity (Wildman–Crippen MR) is 150 cm³/mol. The number of aliphatic hydroxyl groups is 1. The van der Waals surface area contributed by atoms with E-state index in [4.69, 9.17) is 9.47 Å². The predicted octanol–water partition coefficient (Wildman–Crippen LogP) is 5.59. The van der Waals surface area contributed by atoms with E-state index in [1.54, 1.807) is 24.3 Å². The highest BCUT2D eigenvalue weighted by Crippen LogP contribution is 2.42. The summed E-state index contributed by atoms with van der Waals surface area (Å²) in [5, 5.41) is 11.8. The molecule has 0 saturated carbocycles. The summed E-state index contributed by atoms with van der Waals surface area (Å²) in [6, 6.07) is 4.70. The van der Waals surface area contributed by atoms with E-state index in [0.717, 1.165) is 24.3 Å². The Bertz CT molecular complexity index is 1330. The lowest BCUT2D eigenvalue weighted by Gasteiger charge is -2.27. The summed E-state index contributed by atoms with van der Waals surface area (Å²) in [5.74, 6) is -0.312.